The fourth-order valence-corrected chi connectivity index (χ4v) is 0.804. The molecule has 0 atom stereocenters. The van der Waals surface area contributed by atoms with E-state index in [2.05, 4.69) is 20.5 Å². The standard InChI is InChI=1S/C8H12N4O/c1-3-9-5-10-8(13)7-4-6(2)11-12-7/h4-5H,3H2,1-2H3,(H,11,12)(H,9,10,13). The van der Waals surface area contributed by atoms with Crippen molar-refractivity contribution in [3.05, 3.63) is 17.5 Å². The lowest BCUT2D eigenvalue weighted by atomic mass is 10.3. The minimum atomic E-state index is -0.249. The first-order valence-corrected chi connectivity index (χ1v) is 4.05. The highest BCUT2D eigenvalue weighted by molar-refractivity contribution is 5.99. The van der Waals surface area contributed by atoms with Gasteiger partial charge in [-0.2, -0.15) is 5.10 Å². The van der Waals surface area contributed by atoms with E-state index in [9.17, 15) is 4.79 Å². The van der Waals surface area contributed by atoms with Gasteiger partial charge in [-0.3, -0.25) is 14.9 Å². The van der Waals surface area contributed by atoms with E-state index in [1.54, 1.807) is 6.07 Å². The Morgan fingerprint density at radius 1 is 1.85 bits per heavy atom. The van der Waals surface area contributed by atoms with Crippen molar-refractivity contribution < 1.29 is 4.79 Å². The maximum absolute atomic E-state index is 11.2. The lowest BCUT2D eigenvalue weighted by Crippen LogP contribution is -2.21. The molecular weight excluding hydrogens is 168 g/mol. The number of aryl methyl sites for hydroxylation is 1. The van der Waals surface area contributed by atoms with Crippen molar-refractivity contribution in [1.82, 2.24) is 15.5 Å². The first-order chi connectivity index (χ1) is 6.24. The summed E-state index contributed by atoms with van der Waals surface area (Å²) < 4.78 is 0. The monoisotopic (exact) mass is 180 g/mol. The Morgan fingerprint density at radius 2 is 2.62 bits per heavy atom. The lowest BCUT2D eigenvalue weighted by molar-refractivity contribution is 0.0973. The fraction of sp³-hybridized carbons (Fsp3) is 0.375. The second-order valence-electron chi connectivity index (χ2n) is 2.54. The van der Waals surface area contributed by atoms with E-state index >= 15 is 0 Å². The van der Waals surface area contributed by atoms with E-state index in [0.717, 1.165) is 5.69 Å². The summed E-state index contributed by atoms with van der Waals surface area (Å²) in [5.41, 5.74) is 1.23. The quantitative estimate of drug-likeness (QED) is 0.525. The first-order valence-electron chi connectivity index (χ1n) is 4.05. The van der Waals surface area contributed by atoms with Gasteiger partial charge in [0.1, 0.15) is 0 Å². The Balaban J connectivity index is 2.54. The van der Waals surface area contributed by atoms with Crippen LogP contribution in [0.4, 0.5) is 0 Å². The van der Waals surface area contributed by atoms with Crippen LogP contribution in [0, 0.1) is 6.92 Å². The van der Waals surface area contributed by atoms with Crippen molar-refractivity contribution in [2.45, 2.75) is 13.8 Å². The highest BCUT2D eigenvalue weighted by Gasteiger charge is 2.06. The molecular formula is C8H12N4O. The minimum absolute atomic E-state index is 0.249. The molecule has 0 aliphatic carbocycles. The van der Waals surface area contributed by atoms with Gasteiger partial charge in [0, 0.05) is 12.2 Å². The highest BCUT2D eigenvalue weighted by atomic mass is 16.1. The van der Waals surface area contributed by atoms with E-state index < -0.39 is 0 Å². The largest absolute Gasteiger partial charge is 0.312 e. The molecule has 1 heterocycles. The van der Waals surface area contributed by atoms with Crippen LogP contribution < -0.4 is 5.32 Å². The molecule has 0 aliphatic rings. The normalized spacial score (nSPS) is 10.6. The Hall–Kier alpha value is -1.65. The highest BCUT2D eigenvalue weighted by Crippen LogP contribution is 1.95. The van der Waals surface area contributed by atoms with Gasteiger partial charge in [-0.15, -0.1) is 0 Å². The number of aliphatic imine (C=N–C) groups is 1. The van der Waals surface area contributed by atoms with Crippen LogP contribution in [-0.4, -0.2) is 29.0 Å². The summed E-state index contributed by atoms with van der Waals surface area (Å²) in [6.07, 6.45) is 1.38. The van der Waals surface area contributed by atoms with Crippen molar-refractivity contribution in [2.24, 2.45) is 4.99 Å². The predicted molar refractivity (Wildman–Crippen MR) is 49.8 cm³/mol. The molecule has 0 unspecified atom stereocenters. The number of carbonyl (C=O) groups excluding carboxylic acids is 1. The number of carbonyl (C=O) groups is 1. The molecule has 1 aromatic rings. The molecule has 13 heavy (non-hydrogen) atoms. The molecule has 70 valence electrons. The number of aromatic amines is 1. The average molecular weight is 180 g/mol. The van der Waals surface area contributed by atoms with Gasteiger partial charge in [0.2, 0.25) is 0 Å². The minimum Gasteiger partial charge on any atom is -0.312 e. The van der Waals surface area contributed by atoms with Gasteiger partial charge in [0.25, 0.3) is 5.91 Å². The number of hydrogen-bond donors (Lipinski definition) is 2. The molecule has 0 fully saturated rings. The topological polar surface area (TPSA) is 70.1 Å². The smallest absolute Gasteiger partial charge is 0.276 e. The van der Waals surface area contributed by atoms with Crippen molar-refractivity contribution >= 4 is 12.2 Å². The SMILES string of the molecule is CCN=CNC(=O)c1cc(C)[nH]n1. The van der Waals surface area contributed by atoms with Crippen LogP contribution >= 0.6 is 0 Å². The first kappa shape index (κ1) is 9.44. The second-order valence-corrected chi connectivity index (χ2v) is 2.54. The summed E-state index contributed by atoms with van der Waals surface area (Å²) in [5, 5.41) is 8.98. The van der Waals surface area contributed by atoms with Crippen LogP contribution in [0.25, 0.3) is 0 Å². The maximum atomic E-state index is 11.2. The Morgan fingerprint density at radius 3 is 3.15 bits per heavy atom. The summed E-state index contributed by atoms with van der Waals surface area (Å²) in [5.74, 6) is -0.249. The number of nitrogens with zero attached hydrogens (tertiary/aromatic N) is 2. The van der Waals surface area contributed by atoms with Crippen LogP contribution in [0.3, 0.4) is 0 Å². The number of nitrogens with one attached hydrogen (secondary N) is 2. The van der Waals surface area contributed by atoms with Crippen molar-refractivity contribution in [3.8, 4) is 0 Å². The predicted octanol–water partition coefficient (Wildman–Crippen LogP) is 0.496. The van der Waals surface area contributed by atoms with E-state index in [1.165, 1.54) is 6.34 Å². The van der Waals surface area contributed by atoms with Crippen LogP contribution in [0.2, 0.25) is 0 Å². The fourth-order valence-electron chi connectivity index (χ4n) is 0.804. The van der Waals surface area contributed by atoms with Crippen LogP contribution in [-0.2, 0) is 0 Å². The van der Waals surface area contributed by atoms with Gasteiger partial charge >= 0.3 is 0 Å². The Kier molecular flexibility index (Phi) is 3.19. The van der Waals surface area contributed by atoms with Gasteiger partial charge < -0.3 is 5.32 Å². The summed E-state index contributed by atoms with van der Waals surface area (Å²) in [4.78, 5) is 15.1. The molecule has 1 aromatic heterocycles. The molecule has 1 rings (SSSR count). The van der Waals surface area contributed by atoms with Crippen LogP contribution in [0.1, 0.15) is 23.1 Å². The van der Waals surface area contributed by atoms with Gasteiger partial charge in [-0.1, -0.05) is 0 Å². The van der Waals surface area contributed by atoms with E-state index in [1.807, 2.05) is 13.8 Å². The summed E-state index contributed by atoms with van der Waals surface area (Å²) in [6.45, 7) is 4.38. The zero-order valence-electron chi connectivity index (χ0n) is 7.66. The zero-order valence-corrected chi connectivity index (χ0v) is 7.66. The third-order valence-corrected chi connectivity index (χ3v) is 1.41. The van der Waals surface area contributed by atoms with Crippen molar-refractivity contribution in [2.75, 3.05) is 6.54 Å². The zero-order chi connectivity index (χ0) is 9.68. The molecule has 0 saturated heterocycles. The van der Waals surface area contributed by atoms with Gasteiger partial charge in [0.15, 0.2) is 5.69 Å². The number of hydrogen-bond acceptors (Lipinski definition) is 3. The third-order valence-electron chi connectivity index (χ3n) is 1.41. The molecule has 0 spiro atoms. The van der Waals surface area contributed by atoms with E-state index in [-0.39, 0.29) is 5.91 Å². The number of H-pyrrole nitrogens is 1. The van der Waals surface area contributed by atoms with E-state index in [4.69, 9.17) is 0 Å². The number of amides is 1. The lowest BCUT2D eigenvalue weighted by Gasteiger charge is -1.92. The summed E-state index contributed by atoms with van der Waals surface area (Å²) >= 11 is 0. The van der Waals surface area contributed by atoms with Gasteiger partial charge in [0.05, 0.1) is 6.34 Å². The second kappa shape index (κ2) is 4.39. The average Bonchev–Trinajstić information content (AvgIpc) is 2.52. The Bertz CT molecular complexity index is 316. The Labute approximate surface area is 76.3 Å². The van der Waals surface area contributed by atoms with Crippen molar-refractivity contribution in [1.29, 1.82) is 0 Å². The van der Waals surface area contributed by atoms with Crippen molar-refractivity contribution in [3.63, 3.8) is 0 Å². The third kappa shape index (κ3) is 2.70. The number of rotatable bonds is 3. The van der Waals surface area contributed by atoms with E-state index in [0.29, 0.717) is 12.2 Å². The molecule has 0 aliphatic heterocycles. The van der Waals surface area contributed by atoms with Gasteiger partial charge in [-0.25, -0.2) is 0 Å². The molecule has 0 saturated carbocycles. The molecule has 0 radical (unpaired) electrons. The number of aromatic nitrogens is 2. The van der Waals surface area contributed by atoms with Crippen LogP contribution in [0.15, 0.2) is 11.1 Å². The summed E-state index contributed by atoms with van der Waals surface area (Å²) in [7, 11) is 0. The van der Waals surface area contributed by atoms with Crippen LogP contribution in [0.5, 0.6) is 0 Å². The molecule has 2 N–H and O–H groups in total. The summed E-state index contributed by atoms with van der Waals surface area (Å²) in [6, 6.07) is 1.68. The molecule has 1 amide bonds. The molecule has 0 aromatic carbocycles. The molecule has 5 nitrogen and oxygen atoms in total. The molecule has 5 heteroatoms. The maximum Gasteiger partial charge on any atom is 0.276 e. The molecule has 0 bridgehead atoms. The van der Waals surface area contributed by atoms with Gasteiger partial charge in [-0.05, 0) is 19.9 Å².